The van der Waals surface area contributed by atoms with Crippen LogP contribution in [-0.2, 0) is 14.1 Å². The number of hydrogen-bond acceptors (Lipinski definition) is 9. The summed E-state index contributed by atoms with van der Waals surface area (Å²) in [6.07, 6.45) is 2.76. The predicted octanol–water partition coefficient (Wildman–Crippen LogP) is 5.64. The Bertz CT molecular complexity index is 2180. The summed E-state index contributed by atoms with van der Waals surface area (Å²) in [5.41, 5.74) is 11.3. The van der Waals surface area contributed by atoms with E-state index < -0.39 is 6.10 Å². The summed E-state index contributed by atoms with van der Waals surface area (Å²) in [4.78, 5) is 22.6. The molecule has 12 nitrogen and oxygen atoms in total. The van der Waals surface area contributed by atoms with Gasteiger partial charge in [0.25, 0.3) is 0 Å². The van der Waals surface area contributed by atoms with Gasteiger partial charge < -0.3 is 15.7 Å². The van der Waals surface area contributed by atoms with E-state index in [1.807, 2.05) is 19.1 Å². The van der Waals surface area contributed by atoms with Gasteiger partial charge in [0, 0.05) is 37.3 Å². The lowest BCUT2D eigenvalue weighted by molar-refractivity contribution is 0.0980. The number of halogens is 4. The van der Waals surface area contributed by atoms with Crippen molar-refractivity contribution in [3.8, 4) is 11.3 Å². The number of aromatic amines is 1. The molecule has 2 saturated heterocycles. The normalized spacial score (nSPS) is 20.9. The van der Waals surface area contributed by atoms with E-state index in [0.717, 1.165) is 30.8 Å². The third-order valence-corrected chi connectivity index (χ3v) is 10.5. The van der Waals surface area contributed by atoms with Crippen LogP contribution in [0, 0.1) is 6.92 Å². The fourth-order valence-corrected chi connectivity index (χ4v) is 7.80. The first-order valence-electron chi connectivity index (χ1n) is 14.5. The highest BCUT2D eigenvalue weighted by Gasteiger charge is 2.46. The molecule has 2 bridgehead atoms. The van der Waals surface area contributed by atoms with Crippen LogP contribution in [0.4, 0.5) is 5.82 Å². The van der Waals surface area contributed by atoms with Crippen LogP contribution in [-0.4, -0.2) is 75.3 Å². The SMILES string of the molecule is Cc1nc2c(-c3ccc4nn(C)c(Cl)c4c3Cl)n[nH]c2nc1N1[C@@H]2CC[C@H]1[C@@H](O)[C@@H](N)C2.Cn1nc2ccc(C=O)c(Cl)c2c1Cl. The van der Waals surface area contributed by atoms with E-state index >= 15 is 0 Å². The number of nitrogens with zero attached hydrogens (tertiary/aromatic N) is 8. The van der Waals surface area contributed by atoms with Crippen molar-refractivity contribution in [2.24, 2.45) is 19.8 Å². The zero-order valence-corrected chi connectivity index (χ0v) is 27.9. The molecule has 0 saturated carbocycles. The highest BCUT2D eigenvalue weighted by Crippen LogP contribution is 2.42. The third kappa shape index (κ3) is 4.81. The molecule has 0 aliphatic carbocycles. The molecule has 8 rings (SSSR count). The van der Waals surface area contributed by atoms with Crippen molar-refractivity contribution in [3.63, 3.8) is 0 Å². The average Bonchev–Trinajstić information content (AvgIpc) is 3.75. The lowest BCUT2D eigenvalue weighted by atomic mass is 9.95. The smallest absolute Gasteiger partial charge is 0.177 e. The summed E-state index contributed by atoms with van der Waals surface area (Å²) in [7, 11) is 3.50. The van der Waals surface area contributed by atoms with E-state index in [-0.39, 0.29) is 18.1 Å². The molecule has 2 aliphatic rings. The summed E-state index contributed by atoms with van der Waals surface area (Å²) < 4.78 is 3.11. The zero-order valence-electron chi connectivity index (χ0n) is 24.8. The number of anilines is 1. The van der Waals surface area contributed by atoms with E-state index in [1.165, 1.54) is 4.68 Å². The van der Waals surface area contributed by atoms with E-state index in [0.29, 0.717) is 76.4 Å². The quantitative estimate of drug-likeness (QED) is 0.199. The number of H-pyrrole nitrogens is 1. The van der Waals surface area contributed by atoms with Gasteiger partial charge in [-0.3, -0.25) is 19.3 Å². The monoisotopic (exact) mass is 700 g/mol. The molecule has 16 heteroatoms. The lowest BCUT2D eigenvalue weighted by Crippen LogP contribution is -2.57. The fourth-order valence-electron chi connectivity index (χ4n) is 6.61. The molecule has 238 valence electrons. The van der Waals surface area contributed by atoms with Gasteiger partial charge in [0.1, 0.15) is 21.5 Å². The van der Waals surface area contributed by atoms with Gasteiger partial charge in [-0.15, -0.1) is 0 Å². The van der Waals surface area contributed by atoms with Crippen molar-refractivity contribution in [3.05, 3.63) is 55.9 Å². The van der Waals surface area contributed by atoms with E-state index in [1.54, 1.807) is 30.9 Å². The second-order valence-corrected chi connectivity index (χ2v) is 13.1. The zero-order chi connectivity index (χ0) is 32.6. The summed E-state index contributed by atoms with van der Waals surface area (Å²) in [5, 5.41) is 29.7. The van der Waals surface area contributed by atoms with Crippen LogP contribution < -0.4 is 10.6 Å². The van der Waals surface area contributed by atoms with Crippen LogP contribution in [0.25, 0.3) is 44.2 Å². The number of benzene rings is 2. The van der Waals surface area contributed by atoms with Crippen molar-refractivity contribution >= 4 is 91.5 Å². The number of rotatable bonds is 3. The van der Waals surface area contributed by atoms with E-state index in [4.69, 9.17) is 62.1 Å². The molecule has 0 amide bonds. The molecule has 46 heavy (non-hydrogen) atoms. The van der Waals surface area contributed by atoms with Gasteiger partial charge in [0.2, 0.25) is 0 Å². The van der Waals surface area contributed by atoms with Crippen molar-refractivity contribution in [2.45, 2.75) is 50.4 Å². The first-order chi connectivity index (χ1) is 22.0. The van der Waals surface area contributed by atoms with Crippen LogP contribution in [0.5, 0.6) is 0 Å². The highest BCUT2D eigenvalue weighted by molar-refractivity contribution is 6.44. The largest absolute Gasteiger partial charge is 0.389 e. The maximum atomic E-state index is 10.6. The van der Waals surface area contributed by atoms with Crippen molar-refractivity contribution in [2.75, 3.05) is 4.90 Å². The minimum Gasteiger partial charge on any atom is -0.389 e. The second-order valence-electron chi connectivity index (χ2n) is 11.6. The van der Waals surface area contributed by atoms with Crippen LogP contribution in [0.2, 0.25) is 20.4 Å². The Labute approximate surface area is 282 Å². The van der Waals surface area contributed by atoms with Gasteiger partial charge in [-0.1, -0.05) is 46.4 Å². The number of nitrogens with two attached hydrogens (primary N) is 1. The Balaban J connectivity index is 0.000000202. The second kappa shape index (κ2) is 11.6. The van der Waals surface area contributed by atoms with Crippen molar-refractivity contribution in [1.82, 2.24) is 39.7 Å². The summed E-state index contributed by atoms with van der Waals surface area (Å²) >= 11 is 25.1. The summed E-state index contributed by atoms with van der Waals surface area (Å²) in [5.74, 6) is 0.767. The number of aliphatic hydroxyl groups excluding tert-OH is 1. The number of aldehydes is 1. The average molecular weight is 702 g/mol. The van der Waals surface area contributed by atoms with E-state index in [9.17, 15) is 9.90 Å². The number of piperidine rings is 1. The van der Waals surface area contributed by atoms with Gasteiger partial charge in [-0.2, -0.15) is 15.3 Å². The van der Waals surface area contributed by atoms with Crippen molar-refractivity contribution < 1.29 is 9.90 Å². The number of carbonyl (C=O) groups excluding carboxylic acids is 1. The summed E-state index contributed by atoms with van der Waals surface area (Å²) in [6.45, 7) is 1.93. The van der Waals surface area contributed by atoms with Gasteiger partial charge in [-0.25, -0.2) is 9.97 Å². The van der Waals surface area contributed by atoms with Gasteiger partial charge in [0.05, 0.1) is 49.7 Å². The fraction of sp³-hybridized carbons (Fsp3) is 0.333. The highest BCUT2D eigenvalue weighted by atomic mass is 35.5. The number of aromatic nitrogens is 8. The molecular weight excluding hydrogens is 674 g/mol. The molecule has 4 N–H and O–H groups in total. The molecule has 0 spiro atoms. The van der Waals surface area contributed by atoms with Gasteiger partial charge >= 0.3 is 0 Å². The number of aliphatic hydroxyl groups is 1. The Morgan fingerprint density at radius 2 is 1.61 bits per heavy atom. The number of hydrogen-bond donors (Lipinski definition) is 3. The van der Waals surface area contributed by atoms with Crippen LogP contribution in [0.3, 0.4) is 0 Å². The maximum Gasteiger partial charge on any atom is 0.177 e. The minimum absolute atomic E-state index is 0.0406. The van der Waals surface area contributed by atoms with Crippen LogP contribution in [0.15, 0.2) is 24.3 Å². The molecule has 2 aliphatic heterocycles. The number of carbonyl (C=O) groups is 1. The molecule has 4 atom stereocenters. The number of fused-ring (bicyclic) bond motifs is 5. The molecular formula is C30H28Cl4N10O2. The molecule has 6 aromatic rings. The standard InChI is InChI=1S/C21H22Cl2N8O.C9H6Cl2N2O/c1-8-21(31-9-3-6-13(31)18(32)11(24)7-9)26-20-17(25-8)16(27-28-20)10-4-5-12-14(15(10)22)19(23)30(2)29-12;1-13-9(11)7-6(12-13)3-2-5(4-14)8(7)10/h4-5,9,11,13,18,32H,3,6-7,24H2,1-2H3,(H,26,27,28);2-4H,1H3/t9-,11+,13+,18+;/m1./s1. The van der Waals surface area contributed by atoms with Gasteiger partial charge in [-0.05, 0) is 50.5 Å². The summed E-state index contributed by atoms with van der Waals surface area (Å²) in [6, 6.07) is 7.11. The Morgan fingerprint density at radius 1 is 0.957 bits per heavy atom. The van der Waals surface area contributed by atoms with Crippen molar-refractivity contribution in [1.29, 1.82) is 0 Å². The van der Waals surface area contributed by atoms with E-state index in [2.05, 4.69) is 25.3 Å². The lowest BCUT2D eigenvalue weighted by Gasteiger charge is -2.42. The molecule has 2 aromatic carbocycles. The number of nitrogens with one attached hydrogen (secondary N) is 1. The predicted molar refractivity (Wildman–Crippen MR) is 180 cm³/mol. The van der Waals surface area contributed by atoms with Crippen LogP contribution in [0.1, 0.15) is 35.3 Å². The Hall–Kier alpha value is -3.52. The number of aryl methyl sites for hydroxylation is 3. The Morgan fingerprint density at radius 3 is 2.28 bits per heavy atom. The molecule has 0 radical (unpaired) electrons. The van der Waals surface area contributed by atoms with Crippen LogP contribution >= 0.6 is 46.4 Å². The molecule has 4 aromatic heterocycles. The van der Waals surface area contributed by atoms with Gasteiger partial charge in [0.15, 0.2) is 17.8 Å². The topological polar surface area (TPSA) is 157 Å². The molecule has 2 fully saturated rings. The third-order valence-electron chi connectivity index (χ3n) is 8.86. The molecule has 0 unspecified atom stereocenters. The maximum absolute atomic E-state index is 10.6. The minimum atomic E-state index is -0.572. The molecule has 6 heterocycles. The first kappa shape index (κ1) is 31.1. The first-order valence-corrected chi connectivity index (χ1v) is 16.0. The Kier molecular flexibility index (Phi) is 7.86.